The van der Waals surface area contributed by atoms with E-state index in [1.807, 2.05) is 53.4 Å². The van der Waals surface area contributed by atoms with Crippen LogP contribution in [0, 0.1) is 0 Å². The quantitative estimate of drug-likeness (QED) is 0.732. The van der Waals surface area contributed by atoms with Gasteiger partial charge in [0.15, 0.2) is 0 Å². The van der Waals surface area contributed by atoms with Crippen molar-refractivity contribution in [3.63, 3.8) is 0 Å². The molecule has 126 valence electrons. The number of aromatic nitrogens is 1. The molecule has 0 fully saturated rings. The van der Waals surface area contributed by atoms with Crippen molar-refractivity contribution < 1.29 is 9.53 Å². The van der Waals surface area contributed by atoms with Gasteiger partial charge < -0.3 is 14.2 Å². The van der Waals surface area contributed by atoms with Crippen molar-refractivity contribution in [2.45, 2.75) is 12.6 Å². The zero-order valence-corrected chi connectivity index (χ0v) is 14.1. The molecule has 0 saturated carbocycles. The van der Waals surface area contributed by atoms with Crippen LogP contribution in [0.2, 0.25) is 0 Å². The first kappa shape index (κ1) is 15.5. The maximum atomic E-state index is 13.3. The molecule has 2 aromatic carbocycles. The summed E-state index contributed by atoms with van der Waals surface area (Å²) in [6.45, 7) is 1.46. The number of ether oxygens (including phenoxy) is 1. The molecule has 0 N–H and O–H groups in total. The first-order valence-corrected chi connectivity index (χ1v) is 8.43. The number of methoxy groups -OCH3 is 1. The van der Waals surface area contributed by atoms with Crippen LogP contribution in [0.4, 0.5) is 0 Å². The Hall–Kier alpha value is -3.01. The number of para-hydroxylation sites is 1. The van der Waals surface area contributed by atoms with Crippen LogP contribution in [-0.2, 0) is 6.54 Å². The summed E-state index contributed by atoms with van der Waals surface area (Å²) >= 11 is 0. The molecule has 25 heavy (non-hydrogen) atoms. The first-order chi connectivity index (χ1) is 12.3. The predicted octanol–water partition coefficient (Wildman–Crippen LogP) is 3.74. The Bertz CT molecular complexity index is 886. The second-order valence-electron chi connectivity index (χ2n) is 6.14. The molecule has 0 saturated heterocycles. The zero-order chi connectivity index (χ0) is 17.2. The highest BCUT2D eigenvalue weighted by Gasteiger charge is 2.33. The van der Waals surface area contributed by atoms with E-state index in [9.17, 15) is 4.79 Å². The number of amides is 1. The summed E-state index contributed by atoms with van der Waals surface area (Å²) in [5.74, 6) is 0.610. The van der Waals surface area contributed by atoms with Crippen LogP contribution < -0.4 is 4.74 Å². The molecule has 4 rings (SSSR count). The highest BCUT2D eigenvalue weighted by atomic mass is 16.5. The van der Waals surface area contributed by atoms with Gasteiger partial charge in [0.25, 0.3) is 5.91 Å². The van der Waals surface area contributed by atoms with Gasteiger partial charge in [-0.25, -0.2) is 0 Å². The molecule has 0 bridgehead atoms. The first-order valence-electron chi connectivity index (χ1n) is 8.43. The third-order valence-corrected chi connectivity index (χ3v) is 4.75. The summed E-state index contributed by atoms with van der Waals surface area (Å²) in [5, 5.41) is 0. The van der Waals surface area contributed by atoms with Crippen LogP contribution in [0.15, 0.2) is 72.9 Å². The van der Waals surface area contributed by atoms with E-state index in [-0.39, 0.29) is 11.9 Å². The minimum atomic E-state index is -0.0950. The lowest BCUT2D eigenvalue weighted by atomic mass is 9.98. The normalized spacial score (nSPS) is 16.4. The van der Waals surface area contributed by atoms with Crippen molar-refractivity contribution in [2.75, 3.05) is 13.7 Å². The van der Waals surface area contributed by atoms with E-state index in [0.29, 0.717) is 17.9 Å². The molecule has 4 heteroatoms. The largest absolute Gasteiger partial charge is 0.496 e. The van der Waals surface area contributed by atoms with Crippen LogP contribution in [0.3, 0.4) is 0 Å². The second-order valence-corrected chi connectivity index (χ2v) is 6.14. The van der Waals surface area contributed by atoms with Crippen molar-refractivity contribution in [1.82, 2.24) is 9.47 Å². The number of rotatable bonds is 3. The average Bonchev–Trinajstić information content (AvgIpc) is 3.16. The minimum absolute atomic E-state index is 0.00115. The number of fused-ring (bicyclic) bond motifs is 1. The fourth-order valence-corrected chi connectivity index (χ4v) is 3.56. The summed E-state index contributed by atoms with van der Waals surface area (Å²) in [7, 11) is 1.60. The van der Waals surface area contributed by atoms with Crippen LogP contribution in [0.1, 0.15) is 27.7 Å². The fourth-order valence-electron chi connectivity index (χ4n) is 3.56. The standard InChI is InChI=1S/C21H20N2O2/c1-25-19-12-6-5-10-17(19)21(24)23-15-14-22-13-7-11-18(22)20(23)16-8-3-2-4-9-16/h2-13,20H,14-15H2,1H3. The van der Waals surface area contributed by atoms with Crippen molar-refractivity contribution >= 4 is 5.91 Å². The van der Waals surface area contributed by atoms with Crippen molar-refractivity contribution in [1.29, 1.82) is 0 Å². The third kappa shape index (κ3) is 2.70. The smallest absolute Gasteiger partial charge is 0.258 e. The molecule has 0 aliphatic carbocycles. The van der Waals surface area contributed by atoms with E-state index >= 15 is 0 Å². The van der Waals surface area contributed by atoms with Gasteiger partial charge in [-0.1, -0.05) is 42.5 Å². The average molecular weight is 332 g/mol. The van der Waals surface area contributed by atoms with E-state index in [1.54, 1.807) is 7.11 Å². The Morgan fingerprint density at radius 1 is 0.960 bits per heavy atom. The Morgan fingerprint density at radius 3 is 2.52 bits per heavy atom. The second kappa shape index (κ2) is 6.48. The molecule has 4 nitrogen and oxygen atoms in total. The molecule has 0 spiro atoms. The maximum Gasteiger partial charge on any atom is 0.258 e. The summed E-state index contributed by atoms with van der Waals surface area (Å²) < 4.78 is 7.63. The fraction of sp³-hybridized carbons (Fsp3) is 0.190. The Labute approximate surface area is 147 Å². The van der Waals surface area contributed by atoms with Gasteiger partial charge in [-0.05, 0) is 29.8 Å². The monoisotopic (exact) mass is 332 g/mol. The molecular formula is C21H20N2O2. The topological polar surface area (TPSA) is 34.5 Å². The SMILES string of the molecule is COc1ccccc1C(=O)N1CCn2cccc2C1c1ccccc1. The number of nitrogens with zero attached hydrogens (tertiary/aromatic N) is 2. The van der Waals surface area contributed by atoms with Gasteiger partial charge in [0.2, 0.25) is 0 Å². The van der Waals surface area contributed by atoms with Crippen molar-refractivity contribution in [3.05, 3.63) is 89.7 Å². The van der Waals surface area contributed by atoms with Gasteiger partial charge >= 0.3 is 0 Å². The van der Waals surface area contributed by atoms with Crippen LogP contribution in [0.25, 0.3) is 0 Å². The summed E-state index contributed by atoms with van der Waals surface area (Å²) in [6, 6.07) is 21.7. The molecule has 1 amide bonds. The van der Waals surface area contributed by atoms with E-state index in [2.05, 4.69) is 29.0 Å². The van der Waals surface area contributed by atoms with Gasteiger partial charge in [0.1, 0.15) is 5.75 Å². The van der Waals surface area contributed by atoms with Crippen LogP contribution in [-0.4, -0.2) is 29.0 Å². The molecular weight excluding hydrogens is 312 g/mol. The molecule has 3 aromatic rings. The summed E-state index contributed by atoms with van der Waals surface area (Å²) in [5.41, 5.74) is 2.86. The number of hydrogen-bond acceptors (Lipinski definition) is 2. The third-order valence-electron chi connectivity index (χ3n) is 4.75. The molecule has 2 heterocycles. The maximum absolute atomic E-state index is 13.3. The van der Waals surface area contributed by atoms with E-state index in [1.165, 1.54) is 0 Å². The van der Waals surface area contributed by atoms with Crippen LogP contribution in [0.5, 0.6) is 5.75 Å². The highest BCUT2D eigenvalue weighted by molar-refractivity contribution is 5.97. The number of carbonyl (C=O) groups excluding carboxylic acids is 1. The van der Waals surface area contributed by atoms with Crippen LogP contribution >= 0.6 is 0 Å². The molecule has 1 aliphatic rings. The lowest BCUT2D eigenvalue weighted by Gasteiger charge is -2.37. The van der Waals surface area contributed by atoms with E-state index < -0.39 is 0 Å². The van der Waals surface area contributed by atoms with Gasteiger partial charge in [-0.3, -0.25) is 4.79 Å². The molecule has 1 unspecified atom stereocenters. The number of benzene rings is 2. The lowest BCUT2D eigenvalue weighted by Crippen LogP contribution is -2.42. The summed E-state index contributed by atoms with van der Waals surface area (Å²) in [6.07, 6.45) is 2.08. The van der Waals surface area contributed by atoms with Crippen molar-refractivity contribution in [3.8, 4) is 5.75 Å². The molecule has 1 aromatic heterocycles. The molecule has 1 aliphatic heterocycles. The molecule has 1 atom stereocenters. The predicted molar refractivity (Wildman–Crippen MR) is 96.7 cm³/mol. The minimum Gasteiger partial charge on any atom is -0.496 e. The van der Waals surface area contributed by atoms with Gasteiger partial charge in [0, 0.05) is 25.0 Å². The highest BCUT2D eigenvalue weighted by Crippen LogP contribution is 2.34. The molecule has 0 radical (unpaired) electrons. The Kier molecular flexibility index (Phi) is 4.02. The number of carbonyl (C=O) groups is 1. The Morgan fingerprint density at radius 2 is 1.72 bits per heavy atom. The van der Waals surface area contributed by atoms with Crippen molar-refractivity contribution in [2.24, 2.45) is 0 Å². The Balaban J connectivity index is 1.79. The summed E-state index contributed by atoms with van der Waals surface area (Å²) in [4.78, 5) is 15.3. The van der Waals surface area contributed by atoms with Gasteiger partial charge in [0.05, 0.1) is 18.7 Å². The van der Waals surface area contributed by atoms with E-state index in [0.717, 1.165) is 17.8 Å². The zero-order valence-electron chi connectivity index (χ0n) is 14.1. The van der Waals surface area contributed by atoms with Gasteiger partial charge in [-0.15, -0.1) is 0 Å². The lowest BCUT2D eigenvalue weighted by molar-refractivity contribution is 0.0660. The number of hydrogen-bond donors (Lipinski definition) is 0. The van der Waals surface area contributed by atoms with Gasteiger partial charge in [-0.2, -0.15) is 0 Å². The van der Waals surface area contributed by atoms with E-state index in [4.69, 9.17) is 4.74 Å².